The summed E-state index contributed by atoms with van der Waals surface area (Å²) in [5.41, 5.74) is 1.48. The normalized spacial score (nSPS) is 22.1. The molecule has 3 amide bonds. The SMILES string of the molecule is CCC[C@@H]1NCCOc2cc(F)ccc2CCCNC(=O)[C@@H](Cc2ccc(F)cc2)NC(=O)[C@@H](C)N(C)C1=O. The van der Waals surface area contributed by atoms with E-state index in [1.165, 1.54) is 29.2 Å². The molecule has 1 heterocycles. The first-order valence-corrected chi connectivity index (χ1v) is 13.4. The van der Waals surface area contributed by atoms with Crippen LogP contribution in [0.25, 0.3) is 0 Å². The molecule has 10 heteroatoms. The lowest BCUT2D eigenvalue weighted by Crippen LogP contribution is -2.56. The number of ether oxygens (including phenoxy) is 1. The van der Waals surface area contributed by atoms with Gasteiger partial charge in [0, 0.05) is 32.6 Å². The minimum Gasteiger partial charge on any atom is -0.492 e. The number of fused-ring (bicyclic) bond motifs is 1. The minimum atomic E-state index is -0.929. The van der Waals surface area contributed by atoms with Gasteiger partial charge in [-0.05, 0) is 55.5 Å². The summed E-state index contributed by atoms with van der Waals surface area (Å²) in [6.45, 7) is 4.47. The molecule has 0 saturated carbocycles. The van der Waals surface area contributed by atoms with Gasteiger partial charge in [0.2, 0.25) is 17.7 Å². The molecule has 3 rings (SSSR count). The summed E-state index contributed by atoms with van der Waals surface area (Å²) in [6.07, 6.45) is 2.55. The quantitative estimate of drug-likeness (QED) is 0.550. The zero-order chi connectivity index (χ0) is 28.4. The maximum atomic E-state index is 13.9. The second-order valence-electron chi connectivity index (χ2n) is 9.81. The van der Waals surface area contributed by atoms with Crippen molar-refractivity contribution in [1.29, 1.82) is 0 Å². The largest absolute Gasteiger partial charge is 0.492 e. The molecule has 212 valence electrons. The van der Waals surface area contributed by atoms with Gasteiger partial charge in [0.25, 0.3) is 0 Å². The van der Waals surface area contributed by atoms with Crippen LogP contribution < -0.4 is 20.7 Å². The predicted molar refractivity (Wildman–Crippen MR) is 144 cm³/mol. The van der Waals surface area contributed by atoms with Crippen LogP contribution in [0.3, 0.4) is 0 Å². The number of carbonyl (C=O) groups excluding carboxylic acids is 3. The summed E-state index contributed by atoms with van der Waals surface area (Å²) in [6, 6.07) is 7.79. The Hall–Kier alpha value is -3.53. The third kappa shape index (κ3) is 8.74. The molecule has 0 unspecified atom stereocenters. The molecular weight excluding hydrogens is 506 g/mol. The third-order valence-electron chi connectivity index (χ3n) is 6.87. The minimum absolute atomic E-state index is 0.151. The van der Waals surface area contributed by atoms with Gasteiger partial charge in [-0.15, -0.1) is 0 Å². The highest BCUT2D eigenvalue weighted by Gasteiger charge is 2.30. The standard InChI is InChI=1S/C29H38F2N4O4/c1-4-6-24-29(38)35(3)19(2)27(36)34-25(17-20-8-11-22(30)12-9-20)28(37)33-14-5-7-21-10-13-23(31)18-26(21)39-16-15-32-24/h8-13,18-19,24-25,32H,4-7,14-17H2,1-3H3,(H,33,37)(H,34,36)/t19-,24+,25-/m1/s1. The number of rotatable bonds is 4. The van der Waals surface area contributed by atoms with E-state index in [1.54, 1.807) is 32.2 Å². The van der Waals surface area contributed by atoms with Crippen LogP contribution in [0.1, 0.15) is 44.2 Å². The van der Waals surface area contributed by atoms with Crippen LogP contribution in [-0.4, -0.2) is 67.5 Å². The molecule has 0 fully saturated rings. The fourth-order valence-corrected chi connectivity index (χ4v) is 4.45. The van der Waals surface area contributed by atoms with Crippen molar-refractivity contribution in [2.75, 3.05) is 26.7 Å². The van der Waals surface area contributed by atoms with E-state index in [4.69, 9.17) is 4.74 Å². The number of hydrogen-bond acceptors (Lipinski definition) is 5. The fraction of sp³-hybridized carbons (Fsp3) is 0.483. The topological polar surface area (TPSA) is 99.8 Å². The Labute approximate surface area is 228 Å². The van der Waals surface area contributed by atoms with Crippen LogP contribution in [0.4, 0.5) is 8.78 Å². The molecular formula is C29H38F2N4O4. The van der Waals surface area contributed by atoms with Crippen LogP contribution in [0.5, 0.6) is 5.75 Å². The average molecular weight is 545 g/mol. The van der Waals surface area contributed by atoms with E-state index in [9.17, 15) is 23.2 Å². The lowest BCUT2D eigenvalue weighted by molar-refractivity contribution is -0.141. The summed E-state index contributed by atoms with van der Waals surface area (Å²) in [7, 11) is 1.56. The van der Waals surface area contributed by atoms with Gasteiger partial charge in [0.15, 0.2) is 0 Å². The fourth-order valence-electron chi connectivity index (χ4n) is 4.45. The molecule has 3 atom stereocenters. The van der Waals surface area contributed by atoms with Gasteiger partial charge < -0.3 is 25.6 Å². The highest BCUT2D eigenvalue weighted by Crippen LogP contribution is 2.21. The predicted octanol–water partition coefficient (Wildman–Crippen LogP) is 2.74. The number of aryl methyl sites for hydroxylation is 1. The van der Waals surface area contributed by atoms with Crippen molar-refractivity contribution in [3.05, 3.63) is 65.2 Å². The third-order valence-corrected chi connectivity index (χ3v) is 6.87. The van der Waals surface area contributed by atoms with E-state index < -0.39 is 41.6 Å². The first-order valence-electron chi connectivity index (χ1n) is 13.4. The number of nitrogens with zero attached hydrogens (tertiary/aromatic N) is 1. The van der Waals surface area contributed by atoms with Gasteiger partial charge in [-0.2, -0.15) is 0 Å². The molecule has 2 aromatic rings. The first-order chi connectivity index (χ1) is 18.7. The molecule has 3 N–H and O–H groups in total. The first kappa shape index (κ1) is 30.0. The van der Waals surface area contributed by atoms with Crippen molar-refractivity contribution in [3.63, 3.8) is 0 Å². The molecule has 39 heavy (non-hydrogen) atoms. The van der Waals surface area contributed by atoms with Gasteiger partial charge in [0.05, 0.1) is 6.04 Å². The van der Waals surface area contributed by atoms with Crippen molar-refractivity contribution < 1.29 is 27.9 Å². The lowest BCUT2D eigenvalue weighted by atomic mass is 10.0. The van der Waals surface area contributed by atoms with E-state index in [-0.39, 0.29) is 18.9 Å². The second-order valence-corrected chi connectivity index (χ2v) is 9.81. The molecule has 0 aromatic heterocycles. The molecule has 1 aliphatic rings. The van der Waals surface area contributed by atoms with Crippen molar-refractivity contribution in [3.8, 4) is 5.75 Å². The second kappa shape index (κ2) is 14.6. The summed E-state index contributed by atoms with van der Waals surface area (Å²) in [5, 5.41) is 8.84. The molecule has 0 bridgehead atoms. The molecule has 0 aliphatic carbocycles. The van der Waals surface area contributed by atoms with Crippen LogP contribution in [0.2, 0.25) is 0 Å². The number of carbonyl (C=O) groups is 3. The van der Waals surface area contributed by atoms with Crippen molar-refractivity contribution in [1.82, 2.24) is 20.9 Å². The molecule has 2 aromatic carbocycles. The highest BCUT2D eigenvalue weighted by atomic mass is 19.1. The van der Waals surface area contributed by atoms with E-state index in [0.717, 1.165) is 12.0 Å². The smallest absolute Gasteiger partial charge is 0.243 e. The maximum Gasteiger partial charge on any atom is 0.243 e. The summed E-state index contributed by atoms with van der Waals surface area (Å²) >= 11 is 0. The van der Waals surface area contributed by atoms with Gasteiger partial charge >= 0.3 is 0 Å². The summed E-state index contributed by atoms with van der Waals surface area (Å²) in [4.78, 5) is 41.0. The molecule has 8 nitrogen and oxygen atoms in total. The zero-order valence-corrected chi connectivity index (χ0v) is 22.8. The number of benzene rings is 2. The van der Waals surface area contributed by atoms with E-state index in [0.29, 0.717) is 43.7 Å². The van der Waals surface area contributed by atoms with Gasteiger partial charge in [-0.1, -0.05) is 31.5 Å². The molecule has 0 spiro atoms. The van der Waals surface area contributed by atoms with Crippen molar-refractivity contribution >= 4 is 17.7 Å². The molecule has 0 saturated heterocycles. The number of nitrogens with one attached hydrogen (secondary N) is 3. The zero-order valence-electron chi connectivity index (χ0n) is 22.8. The van der Waals surface area contributed by atoms with E-state index in [1.807, 2.05) is 6.92 Å². The van der Waals surface area contributed by atoms with Gasteiger partial charge in [-0.25, -0.2) is 8.78 Å². The number of likely N-dealkylation sites (N-methyl/N-ethyl adjacent to an activating group) is 1. The maximum absolute atomic E-state index is 13.9. The Morgan fingerprint density at radius 3 is 2.41 bits per heavy atom. The summed E-state index contributed by atoms with van der Waals surface area (Å²) < 4.78 is 33.2. The Kier molecular flexibility index (Phi) is 11.2. The Morgan fingerprint density at radius 2 is 1.69 bits per heavy atom. The monoisotopic (exact) mass is 544 g/mol. The van der Waals surface area contributed by atoms with Crippen LogP contribution in [0.15, 0.2) is 42.5 Å². The Morgan fingerprint density at radius 1 is 0.974 bits per heavy atom. The van der Waals surface area contributed by atoms with Crippen LogP contribution in [0, 0.1) is 11.6 Å². The van der Waals surface area contributed by atoms with Crippen LogP contribution in [-0.2, 0) is 27.2 Å². The number of halogens is 2. The molecule has 1 aliphatic heterocycles. The number of amides is 3. The van der Waals surface area contributed by atoms with Gasteiger partial charge in [-0.3, -0.25) is 14.4 Å². The van der Waals surface area contributed by atoms with Crippen molar-refractivity contribution in [2.45, 2.75) is 64.1 Å². The average Bonchev–Trinajstić information content (AvgIpc) is 2.92. The van der Waals surface area contributed by atoms with E-state index in [2.05, 4.69) is 16.0 Å². The van der Waals surface area contributed by atoms with E-state index >= 15 is 0 Å². The highest BCUT2D eigenvalue weighted by molar-refractivity contribution is 5.92. The van der Waals surface area contributed by atoms with Crippen LogP contribution >= 0.6 is 0 Å². The van der Waals surface area contributed by atoms with Crippen molar-refractivity contribution in [2.24, 2.45) is 0 Å². The lowest BCUT2D eigenvalue weighted by Gasteiger charge is -2.30. The number of hydrogen-bond donors (Lipinski definition) is 3. The molecule has 0 radical (unpaired) electrons. The van der Waals surface area contributed by atoms with Gasteiger partial charge in [0.1, 0.15) is 36.1 Å². The summed E-state index contributed by atoms with van der Waals surface area (Å²) in [5.74, 6) is -1.50. The Bertz CT molecular complexity index is 1130. The Balaban J connectivity index is 1.84.